The highest BCUT2D eigenvalue weighted by Gasteiger charge is 2.12. The first-order chi connectivity index (χ1) is 6.50. The van der Waals surface area contributed by atoms with Gasteiger partial charge in [-0.25, -0.2) is 4.98 Å². The Balaban J connectivity index is 0.00000196. The number of halogens is 3. The van der Waals surface area contributed by atoms with Gasteiger partial charge in [0.15, 0.2) is 0 Å². The van der Waals surface area contributed by atoms with Crippen LogP contribution in [0.15, 0.2) is 12.1 Å². The zero-order chi connectivity index (χ0) is 10.7. The highest BCUT2D eigenvalue weighted by Crippen LogP contribution is 2.25. The molecule has 1 aromatic heterocycles. The highest BCUT2D eigenvalue weighted by molar-refractivity contribution is 6.32. The van der Waals surface area contributed by atoms with Crippen LogP contribution in [0.5, 0.6) is 0 Å². The molecule has 2 nitrogen and oxygen atoms in total. The van der Waals surface area contributed by atoms with Crippen LogP contribution in [0.2, 0.25) is 10.3 Å². The van der Waals surface area contributed by atoms with E-state index in [-0.39, 0.29) is 18.4 Å². The van der Waals surface area contributed by atoms with Crippen molar-refractivity contribution in [3.8, 4) is 0 Å². The number of hydrogen-bond donors (Lipinski definition) is 1. The molecule has 0 unspecified atom stereocenters. The summed E-state index contributed by atoms with van der Waals surface area (Å²) in [5.74, 6) is 0.539. The third-order valence-corrected chi connectivity index (χ3v) is 2.48. The van der Waals surface area contributed by atoms with Gasteiger partial charge >= 0.3 is 0 Å². The Bertz CT molecular complexity index is 316. The first-order valence-corrected chi connectivity index (χ1v) is 5.33. The van der Waals surface area contributed by atoms with Crippen LogP contribution >= 0.6 is 35.6 Å². The van der Waals surface area contributed by atoms with E-state index in [1.807, 2.05) is 6.07 Å². The van der Waals surface area contributed by atoms with Gasteiger partial charge in [0.2, 0.25) is 0 Å². The van der Waals surface area contributed by atoms with Crippen LogP contribution in [0.25, 0.3) is 0 Å². The zero-order valence-electron chi connectivity index (χ0n) is 8.71. The van der Waals surface area contributed by atoms with Crippen LogP contribution < -0.4 is 5.73 Å². The van der Waals surface area contributed by atoms with Crippen molar-refractivity contribution >= 4 is 35.6 Å². The number of nitrogens with two attached hydrogens (primary N) is 1. The summed E-state index contributed by atoms with van der Waals surface area (Å²) in [5.41, 5.74) is 6.84. The lowest BCUT2D eigenvalue weighted by atomic mass is 9.99. The first kappa shape index (κ1) is 15.0. The summed E-state index contributed by atoms with van der Waals surface area (Å²) in [6.45, 7) is 4.24. The van der Waals surface area contributed by atoms with Gasteiger partial charge in [-0.2, -0.15) is 0 Å². The largest absolute Gasteiger partial charge is 0.324 e. The van der Waals surface area contributed by atoms with E-state index >= 15 is 0 Å². The van der Waals surface area contributed by atoms with Gasteiger partial charge in [0.05, 0.1) is 0 Å². The molecule has 1 rings (SSSR count). The van der Waals surface area contributed by atoms with E-state index < -0.39 is 0 Å². The van der Waals surface area contributed by atoms with E-state index in [0.29, 0.717) is 16.2 Å². The number of rotatable bonds is 3. The molecule has 0 aliphatic heterocycles. The van der Waals surface area contributed by atoms with E-state index in [2.05, 4.69) is 18.8 Å². The molecule has 2 N–H and O–H groups in total. The van der Waals surface area contributed by atoms with Crippen molar-refractivity contribution in [2.75, 3.05) is 0 Å². The maximum Gasteiger partial charge on any atom is 0.135 e. The molecule has 0 amide bonds. The summed E-state index contributed by atoms with van der Waals surface area (Å²) >= 11 is 11.6. The van der Waals surface area contributed by atoms with Crippen molar-refractivity contribution in [1.82, 2.24) is 4.98 Å². The van der Waals surface area contributed by atoms with E-state index in [0.717, 1.165) is 12.0 Å². The zero-order valence-corrected chi connectivity index (χ0v) is 11.0. The van der Waals surface area contributed by atoms with Crippen LogP contribution in [0.3, 0.4) is 0 Å². The topological polar surface area (TPSA) is 38.9 Å². The van der Waals surface area contributed by atoms with Crippen molar-refractivity contribution < 1.29 is 0 Å². The molecule has 0 bridgehead atoms. The lowest BCUT2D eigenvalue weighted by Gasteiger charge is -2.15. The molecule has 0 spiro atoms. The van der Waals surface area contributed by atoms with Gasteiger partial charge in [-0.15, -0.1) is 12.4 Å². The SMILES string of the molecule is CC(C)C[C@@H](N)c1ccc(Cl)nc1Cl.Cl. The summed E-state index contributed by atoms with van der Waals surface area (Å²) in [4.78, 5) is 3.95. The second-order valence-electron chi connectivity index (χ2n) is 3.75. The number of aromatic nitrogens is 1. The average Bonchev–Trinajstić information content (AvgIpc) is 2.01. The quantitative estimate of drug-likeness (QED) is 0.846. The average molecular weight is 270 g/mol. The lowest BCUT2D eigenvalue weighted by molar-refractivity contribution is 0.509. The van der Waals surface area contributed by atoms with Crippen molar-refractivity contribution in [1.29, 1.82) is 0 Å². The molecular weight excluding hydrogens is 254 g/mol. The summed E-state index contributed by atoms with van der Waals surface area (Å²) < 4.78 is 0. The van der Waals surface area contributed by atoms with E-state index in [4.69, 9.17) is 28.9 Å². The fraction of sp³-hybridized carbons (Fsp3) is 0.500. The summed E-state index contributed by atoms with van der Waals surface area (Å²) in [6.07, 6.45) is 0.892. The second-order valence-corrected chi connectivity index (χ2v) is 4.50. The fourth-order valence-electron chi connectivity index (χ4n) is 1.33. The monoisotopic (exact) mass is 268 g/mol. The molecule has 86 valence electrons. The Kier molecular flexibility index (Phi) is 6.53. The van der Waals surface area contributed by atoms with Gasteiger partial charge in [-0.1, -0.05) is 43.1 Å². The van der Waals surface area contributed by atoms with Gasteiger partial charge in [-0.3, -0.25) is 0 Å². The molecule has 0 radical (unpaired) electrons. The highest BCUT2D eigenvalue weighted by atomic mass is 35.5. The van der Waals surface area contributed by atoms with Crippen LogP contribution in [-0.2, 0) is 0 Å². The smallest absolute Gasteiger partial charge is 0.135 e. The molecule has 15 heavy (non-hydrogen) atoms. The van der Waals surface area contributed by atoms with E-state index in [9.17, 15) is 0 Å². The second kappa shape index (κ2) is 6.54. The van der Waals surface area contributed by atoms with Crippen molar-refractivity contribution in [2.45, 2.75) is 26.3 Å². The van der Waals surface area contributed by atoms with Crippen molar-refractivity contribution in [3.05, 3.63) is 28.0 Å². The van der Waals surface area contributed by atoms with Crippen molar-refractivity contribution in [3.63, 3.8) is 0 Å². The minimum absolute atomic E-state index is 0. The molecule has 1 aromatic rings. The molecule has 1 atom stereocenters. The molecule has 5 heteroatoms. The Labute approximate surface area is 107 Å². The third kappa shape index (κ3) is 4.56. The summed E-state index contributed by atoms with van der Waals surface area (Å²) in [7, 11) is 0. The number of hydrogen-bond acceptors (Lipinski definition) is 2. The Morgan fingerprint density at radius 2 is 1.93 bits per heavy atom. The fourth-order valence-corrected chi connectivity index (χ4v) is 1.82. The van der Waals surface area contributed by atoms with E-state index in [1.54, 1.807) is 6.07 Å². The molecule has 0 fully saturated rings. The lowest BCUT2D eigenvalue weighted by Crippen LogP contribution is -2.13. The van der Waals surface area contributed by atoms with Gasteiger partial charge in [0.1, 0.15) is 10.3 Å². The maximum absolute atomic E-state index is 5.98. The summed E-state index contributed by atoms with van der Waals surface area (Å²) in [5, 5.41) is 0.807. The number of nitrogens with zero attached hydrogens (tertiary/aromatic N) is 1. The third-order valence-electron chi connectivity index (χ3n) is 1.97. The minimum Gasteiger partial charge on any atom is -0.324 e. The van der Waals surface area contributed by atoms with Gasteiger partial charge in [0, 0.05) is 11.6 Å². The Morgan fingerprint density at radius 1 is 1.33 bits per heavy atom. The molecular formula is C10H15Cl3N2. The molecule has 0 saturated carbocycles. The van der Waals surface area contributed by atoms with E-state index in [1.165, 1.54) is 0 Å². The molecule has 0 aromatic carbocycles. The Morgan fingerprint density at radius 3 is 2.40 bits per heavy atom. The van der Waals surface area contributed by atoms with Crippen LogP contribution in [0.1, 0.15) is 31.9 Å². The predicted molar refractivity (Wildman–Crippen MR) is 67.9 cm³/mol. The maximum atomic E-state index is 5.98. The molecule has 0 aliphatic rings. The van der Waals surface area contributed by atoms with Gasteiger partial charge in [0.25, 0.3) is 0 Å². The normalized spacial score (nSPS) is 12.4. The first-order valence-electron chi connectivity index (χ1n) is 4.58. The van der Waals surface area contributed by atoms with Gasteiger partial charge in [-0.05, 0) is 18.4 Å². The molecule has 0 saturated heterocycles. The minimum atomic E-state index is -0.0627. The predicted octanol–water partition coefficient (Wildman–Crippen LogP) is 3.86. The molecule has 0 aliphatic carbocycles. The number of pyridine rings is 1. The van der Waals surface area contributed by atoms with Crippen LogP contribution in [0, 0.1) is 5.92 Å². The van der Waals surface area contributed by atoms with Gasteiger partial charge < -0.3 is 5.73 Å². The van der Waals surface area contributed by atoms with Crippen LogP contribution in [0.4, 0.5) is 0 Å². The standard InChI is InChI=1S/C10H14Cl2N2.ClH/c1-6(2)5-8(13)7-3-4-9(11)14-10(7)12;/h3-4,6,8H,5,13H2,1-2H3;1H/t8-;/m1./s1. The van der Waals surface area contributed by atoms with Crippen LogP contribution in [-0.4, -0.2) is 4.98 Å². The Hall–Kier alpha value is -0.0200. The summed E-state index contributed by atoms with van der Waals surface area (Å²) in [6, 6.07) is 3.49. The van der Waals surface area contributed by atoms with Crippen molar-refractivity contribution in [2.24, 2.45) is 11.7 Å². The molecule has 1 heterocycles.